The standard InChI is InChI=1S/C9H12N2OS/c1-6-7(12)2-3-8(6)13-9-10-4-5-11-9/h4-6,8H,2-3H2,1H3,(H,10,11). The molecule has 2 atom stereocenters. The second-order valence-corrected chi connectivity index (χ2v) is 4.57. The first-order chi connectivity index (χ1) is 6.27. The summed E-state index contributed by atoms with van der Waals surface area (Å²) >= 11 is 1.68. The Kier molecular flexibility index (Phi) is 2.40. The second-order valence-electron chi connectivity index (χ2n) is 3.34. The summed E-state index contributed by atoms with van der Waals surface area (Å²) in [6.07, 6.45) is 5.28. The van der Waals surface area contributed by atoms with Crippen molar-refractivity contribution < 1.29 is 4.79 Å². The van der Waals surface area contributed by atoms with Crippen LogP contribution in [0.2, 0.25) is 0 Å². The van der Waals surface area contributed by atoms with Gasteiger partial charge in [-0.15, -0.1) is 0 Å². The first-order valence-corrected chi connectivity index (χ1v) is 5.34. The van der Waals surface area contributed by atoms with Crippen molar-refractivity contribution in [3.63, 3.8) is 0 Å². The maximum atomic E-state index is 11.3. The summed E-state index contributed by atoms with van der Waals surface area (Å²) in [6.45, 7) is 2.01. The van der Waals surface area contributed by atoms with Gasteiger partial charge < -0.3 is 4.98 Å². The number of hydrogen-bond donors (Lipinski definition) is 1. The fourth-order valence-electron chi connectivity index (χ4n) is 1.59. The molecule has 3 nitrogen and oxygen atoms in total. The Morgan fingerprint density at radius 1 is 1.69 bits per heavy atom. The van der Waals surface area contributed by atoms with E-state index < -0.39 is 0 Å². The number of thioether (sulfide) groups is 1. The molecule has 0 aromatic carbocycles. The van der Waals surface area contributed by atoms with Gasteiger partial charge in [0.2, 0.25) is 0 Å². The zero-order chi connectivity index (χ0) is 9.26. The van der Waals surface area contributed by atoms with Crippen molar-refractivity contribution >= 4 is 17.5 Å². The number of aromatic amines is 1. The highest BCUT2D eigenvalue weighted by Crippen LogP contribution is 2.35. The van der Waals surface area contributed by atoms with Crippen LogP contribution in [-0.2, 0) is 4.79 Å². The molecule has 70 valence electrons. The van der Waals surface area contributed by atoms with Crippen molar-refractivity contribution in [3.05, 3.63) is 12.4 Å². The van der Waals surface area contributed by atoms with Crippen molar-refractivity contribution in [1.29, 1.82) is 0 Å². The molecule has 1 N–H and O–H groups in total. The summed E-state index contributed by atoms with van der Waals surface area (Å²) in [5.41, 5.74) is 0. The number of imidazole rings is 1. The second kappa shape index (κ2) is 3.54. The Morgan fingerprint density at radius 2 is 2.54 bits per heavy atom. The number of carbonyl (C=O) groups is 1. The predicted octanol–water partition coefficient (Wildman–Crippen LogP) is 1.87. The molecular weight excluding hydrogens is 184 g/mol. The fraction of sp³-hybridized carbons (Fsp3) is 0.556. The summed E-state index contributed by atoms with van der Waals surface area (Å²) in [5.74, 6) is 0.583. The summed E-state index contributed by atoms with van der Waals surface area (Å²) in [6, 6.07) is 0. The lowest BCUT2D eigenvalue weighted by Gasteiger charge is -2.10. The molecule has 1 saturated carbocycles. The summed E-state index contributed by atoms with van der Waals surface area (Å²) in [5, 5.41) is 1.34. The third-order valence-corrected chi connectivity index (χ3v) is 3.87. The van der Waals surface area contributed by atoms with Gasteiger partial charge in [-0.2, -0.15) is 0 Å². The lowest BCUT2D eigenvalue weighted by molar-refractivity contribution is -0.120. The zero-order valence-corrected chi connectivity index (χ0v) is 8.30. The lowest BCUT2D eigenvalue weighted by atomic mass is 10.1. The molecule has 1 heterocycles. The first-order valence-electron chi connectivity index (χ1n) is 4.46. The molecule has 4 heteroatoms. The van der Waals surface area contributed by atoms with Crippen LogP contribution in [0.3, 0.4) is 0 Å². The molecule has 1 aliphatic rings. The SMILES string of the molecule is CC1C(=O)CCC1Sc1ncc[nH]1. The molecule has 0 aliphatic heterocycles. The average Bonchev–Trinajstić information content (AvgIpc) is 2.71. The quantitative estimate of drug-likeness (QED) is 0.785. The maximum absolute atomic E-state index is 11.3. The highest BCUT2D eigenvalue weighted by molar-refractivity contribution is 7.99. The third-order valence-electron chi connectivity index (χ3n) is 2.48. The van der Waals surface area contributed by atoms with Gasteiger partial charge in [0, 0.05) is 30.0 Å². The Hall–Kier alpha value is -0.770. The Labute approximate surface area is 81.3 Å². The third kappa shape index (κ3) is 1.77. The Morgan fingerprint density at radius 3 is 3.08 bits per heavy atom. The molecule has 0 spiro atoms. The number of hydrogen-bond acceptors (Lipinski definition) is 3. The van der Waals surface area contributed by atoms with Gasteiger partial charge in [-0.25, -0.2) is 4.98 Å². The molecule has 2 unspecified atom stereocenters. The summed E-state index contributed by atoms with van der Waals surface area (Å²) in [7, 11) is 0. The molecule has 1 aliphatic carbocycles. The summed E-state index contributed by atoms with van der Waals surface area (Å²) in [4.78, 5) is 18.4. The van der Waals surface area contributed by atoms with E-state index in [9.17, 15) is 4.79 Å². The van der Waals surface area contributed by atoms with Gasteiger partial charge in [0.25, 0.3) is 0 Å². The minimum absolute atomic E-state index is 0.190. The molecule has 1 aromatic heterocycles. The van der Waals surface area contributed by atoms with E-state index in [0.717, 1.165) is 18.0 Å². The van der Waals surface area contributed by atoms with E-state index in [1.807, 2.05) is 13.1 Å². The van der Waals surface area contributed by atoms with E-state index in [1.165, 1.54) is 0 Å². The van der Waals surface area contributed by atoms with Gasteiger partial charge in [0.05, 0.1) is 0 Å². The first kappa shape index (κ1) is 8.81. The van der Waals surface area contributed by atoms with Gasteiger partial charge in [0.15, 0.2) is 5.16 Å². The maximum Gasteiger partial charge on any atom is 0.165 e. The number of Topliss-reactive ketones (excluding diaryl/α,β-unsaturated/α-hetero) is 1. The van der Waals surface area contributed by atoms with E-state index in [-0.39, 0.29) is 5.92 Å². The van der Waals surface area contributed by atoms with Crippen molar-refractivity contribution in [1.82, 2.24) is 9.97 Å². The average molecular weight is 196 g/mol. The van der Waals surface area contributed by atoms with Crippen molar-refractivity contribution in [2.75, 3.05) is 0 Å². The predicted molar refractivity (Wildman–Crippen MR) is 51.6 cm³/mol. The molecule has 0 radical (unpaired) electrons. The minimum Gasteiger partial charge on any atom is -0.340 e. The van der Waals surface area contributed by atoms with Crippen molar-refractivity contribution in [3.8, 4) is 0 Å². The number of carbonyl (C=O) groups excluding carboxylic acids is 1. The van der Waals surface area contributed by atoms with Crippen LogP contribution in [0.5, 0.6) is 0 Å². The Bertz CT molecular complexity index is 297. The summed E-state index contributed by atoms with van der Waals surface area (Å²) < 4.78 is 0. The van der Waals surface area contributed by atoms with Gasteiger partial charge in [-0.3, -0.25) is 4.79 Å². The van der Waals surface area contributed by atoms with Crippen LogP contribution in [-0.4, -0.2) is 21.0 Å². The van der Waals surface area contributed by atoms with E-state index in [1.54, 1.807) is 18.0 Å². The normalized spacial score (nSPS) is 28.2. The highest BCUT2D eigenvalue weighted by Gasteiger charge is 2.31. The number of ketones is 1. The Balaban J connectivity index is 2.00. The van der Waals surface area contributed by atoms with Crippen LogP contribution in [0.15, 0.2) is 17.6 Å². The van der Waals surface area contributed by atoms with Crippen LogP contribution in [0.1, 0.15) is 19.8 Å². The molecule has 1 fully saturated rings. The van der Waals surface area contributed by atoms with Gasteiger partial charge in [-0.05, 0) is 6.42 Å². The lowest BCUT2D eigenvalue weighted by Crippen LogP contribution is -2.12. The van der Waals surface area contributed by atoms with Crippen LogP contribution >= 0.6 is 11.8 Å². The van der Waals surface area contributed by atoms with Gasteiger partial charge in [-0.1, -0.05) is 18.7 Å². The van der Waals surface area contributed by atoms with E-state index in [2.05, 4.69) is 9.97 Å². The number of rotatable bonds is 2. The monoisotopic (exact) mass is 196 g/mol. The van der Waals surface area contributed by atoms with Crippen molar-refractivity contribution in [2.24, 2.45) is 5.92 Å². The number of H-pyrrole nitrogens is 1. The molecule has 2 rings (SSSR count). The van der Waals surface area contributed by atoms with Crippen LogP contribution in [0.4, 0.5) is 0 Å². The molecule has 13 heavy (non-hydrogen) atoms. The highest BCUT2D eigenvalue weighted by atomic mass is 32.2. The molecule has 0 bridgehead atoms. The molecule has 0 amide bonds. The van der Waals surface area contributed by atoms with Gasteiger partial charge >= 0.3 is 0 Å². The molecule has 0 saturated heterocycles. The van der Waals surface area contributed by atoms with E-state index >= 15 is 0 Å². The minimum atomic E-state index is 0.190. The number of nitrogens with one attached hydrogen (secondary N) is 1. The van der Waals surface area contributed by atoms with E-state index in [0.29, 0.717) is 11.0 Å². The number of aromatic nitrogens is 2. The van der Waals surface area contributed by atoms with Crippen LogP contribution in [0.25, 0.3) is 0 Å². The van der Waals surface area contributed by atoms with Crippen LogP contribution < -0.4 is 0 Å². The van der Waals surface area contributed by atoms with Gasteiger partial charge in [0.1, 0.15) is 5.78 Å². The number of nitrogens with zero attached hydrogens (tertiary/aromatic N) is 1. The van der Waals surface area contributed by atoms with Crippen LogP contribution in [0, 0.1) is 5.92 Å². The molecule has 1 aromatic rings. The van der Waals surface area contributed by atoms with E-state index in [4.69, 9.17) is 0 Å². The smallest absolute Gasteiger partial charge is 0.165 e. The molecular formula is C9H12N2OS. The topological polar surface area (TPSA) is 45.8 Å². The van der Waals surface area contributed by atoms with Crippen molar-refractivity contribution in [2.45, 2.75) is 30.2 Å². The fourth-order valence-corrected chi connectivity index (χ4v) is 2.73. The largest absolute Gasteiger partial charge is 0.340 e. The zero-order valence-electron chi connectivity index (χ0n) is 7.49.